The van der Waals surface area contributed by atoms with Crippen LogP contribution in [-0.2, 0) is 0 Å². The van der Waals surface area contributed by atoms with E-state index in [1.54, 1.807) is 6.92 Å². The second-order valence-electron chi connectivity index (χ2n) is 4.31. The van der Waals surface area contributed by atoms with Crippen LogP contribution < -0.4 is 5.32 Å². The summed E-state index contributed by atoms with van der Waals surface area (Å²) < 4.78 is 13.1. The van der Waals surface area contributed by atoms with Crippen molar-refractivity contribution in [2.75, 3.05) is 5.88 Å². The second kappa shape index (κ2) is 6.47. The molecule has 5 nitrogen and oxygen atoms in total. The van der Waals surface area contributed by atoms with E-state index in [0.29, 0.717) is 5.88 Å². The van der Waals surface area contributed by atoms with E-state index in [1.807, 2.05) is 6.92 Å². The molecule has 0 radical (unpaired) electrons. The van der Waals surface area contributed by atoms with E-state index in [1.165, 1.54) is 0 Å². The maximum atomic E-state index is 13.1. The maximum Gasteiger partial charge on any atom is 0.282 e. The van der Waals surface area contributed by atoms with Crippen LogP contribution in [0, 0.1) is 21.8 Å². The molecule has 0 heterocycles. The van der Waals surface area contributed by atoms with Gasteiger partial charge >= 0.3 is 0 Å². The molecule has 0 bridgehead atoms. The van der Waals surface area contributed by atoms with Crippen molar-refractivity contribution in [3.63, 3.8) is 0 Å². The summed E-state index contributed by atoms with van der Waals surface area (Å²) in [5, 5.41) is 13.4. The summed E-state index contributed by atoms with van der Waals surface area (Å²) in [7, 11) is 0. The zero-order chi connectivity index (χ0) is 14.6. The second-order valence-corrected chi connectivity index (χ2v) is 4.62. The van der Waals surface area contributed by atoms with Gasteiger partial charge in [-0.3, -0.25) is 14.9 Å². The van der Waals surface area contributed by atoms with E-state index in [-0.39, 0.29) is 17.5 Å². The lowest BCUT2D eigenvalue weighted by atomic mass is 10.1. The first-order valence-electron chi connectivity index (χ1n) is 5.67. The quantitative estimate of drug-likeness (QED) is 0.514. The Labute approximate surface area is 114 Å². The molecule has 0 aromatic heterocycles. The third-order valence-corrected chi connectivity index (χ3v) is 3.34. The fourth-order valence-corrected chi connectivity index (χ4v) is 1.68. The van der Waals surface area contributed by atoms with Crippen LogP contribution in [0.1, 0.15) is 24.2 Å². The lowest BCUT2D eigenvalue weighted by Gasteiger charge is -2.19. The Morgan fingerprint density at radius 2 is 2.16 bits per heavy atom. The standard InChI is InChI=1S/C12H14ClFN2O3/c1-7(6-13)8(2)15-12(17)10-5-9(14)3-4-11(10)16(18)19/h3-5,7-8H,6H2,1-2H3,(H,15,17). The molecular formula is C12H14ClFN2O3. The van der Waals surface area contributed by atoms with Crippen molar-refractivity contribution in [3.8, 4) is 0 Å². The van der Waals surface area contributed by atoms with Gasteiger partial charge in [0.1, 0.15) is 11.4 Å². The predicted octanol–water partition coefficient (Wildman–Crippen LogP) is 2.73. The van der Waals surface area contributed by atoms with Gasteiger partial charge in [-0.25, -0.2) is 4.39 Å². The highest BCUT2D eigenvalue weighted by Gasteiger charge is 2.23. The maximum absolute atomic E-state index is 13.1. The summed E-state index contributed by atoms with van der Waals surface area (Å²) in [6, 6.07) is 2.50. The average Bonchev–Trinajstić information content (AvgIpc) is 2.36. The molecule has 1 aromatic carbocycles. The lowest BCUT2D eigenvalue weighted by molar-refractivity contribution is -0.385. The van der Waals surface area contributed by atoms with Crippen LogP contribution in [0.25, 0.3) is 0 Å². The molecule has 1 rings (SSSR count). The van der Waals surface area contributed by atoms with Gasteiger partial charge in [0.15, 0.2) is 0 Å². The average molecular weight is 289 g/mol. The Morgan fingerprint density at radius 1 is 1.53 bits per heavy atom. The summed E-state index contributed by atoms with van der Waals surface area (Å²) in [6.07, 6.45) is 0. The first-order valence-corrected chi connectivity index (χ1v) is 6.21. The number of nitrogens with zero attached hydrogens (tertiary/aromatic N) is 1. The Balaban J connectivity index is 2.99. The van der Waals surface area contributed by atoms with E-state index in [0.717, 1.165) is 18.2 Å². The van der Waals surface area contributed by atoms with Gasteiger partial charge in [0.05, 0.1) is 4.92 Å². The number of alkyl halides is 1. The number of rotatable bonds is 5. The molecule has 0 saturated carbocycles. The van der Waals surface area contributed by atoms with E-state index in [4.69, 9.17) is 11.6 Å². The van der Waals surface area contributed by atoms with Gasteiger partial charge in [-0.2, -0.15) is 0 Å². The van der Waals surface area contributed by atoms with Gasteiger partial charge in [-0.1, -0.05) is 6.92 Å². The van der Waals surface area contributed by atoms with Crippen molar-refractivity contribution < 1.29 is 14.1 Å². The molecule has 2 unspecified atom stereocenters. The number of amides is 1. The number of nitro groups is 1. The fraction of sp³-hybridized carbons (Fsp3) is 0.417. The third-order valence-electron chi connectivity index (χ3n) is 2.86. The molecule has 0 saturated heterocycles. The SMILES string of the molecule is CC(CCl)C(C)NC(=O)c1cc(F)ccc1[N+](=O)[O-]. The highest BCUT2D eigenvalue weighted by molar-refractivity contribution is 6.18. The first kappa shape index (κ1) is 15.4. The summed E-state index contributed by atoms with van der Waals surface area (Å²) in [5.74, 6) is -1.05. The third kappa shape index (κ3) is 3.89. The van der Waals surface area contributed by atoms with Crippen LogP contribution in [-0.4, -0.2) is 22.8 Å². The summed E-state index contributed by atoms with van der Waals surface area (Å²) in [5.41, 5.74) is -0.719. The number of halogens is 2. The van der Waals surface area contributed by atoms with E-state index >= 15 is 0 Å². The topological polar surface area (TPSA) is 72.2 Å². The van der Waals surface area contributed by atoms with Gasteiger partial charge in [0.25, 0.3) is 11.6 Å². The summed E-state index contributed by atoms with van der Waals surface area (Å²) in [4.78, 5) is 22.0. The van der Waals surface area contributed by atoms with Gasteiger partial charge < -0.3 is 5.32 Å². The molecule has 1 N–H and O–H groups in total. The van der Waals surface area contributed by atoms with Crippen LogP contribution >= 0.6 is 11.6 Å². The molecule has 1 aromatic rings. The van der Waals surface area contributed by atoms with Crippen molar-refractivity contribution in [1.29, 1.82) is 0 Å². The molecule has 0 aliphatic heterocycles. The van der Waals surface area contributed by atoms with Crippen LogP contribution in [0.15, 0.2) is 18.2 Å². The van der Waals surface area contributed by atoms with Gasteiger partial charge in [0.2, 0.25) is 0 Å². The Bertz CT molecular complexity index is 496. The van der Waals surface area contributed by atoms with Crippen molar-refractivity contribution in [2.45, 2.75) is 19.9 Å². The van der Waals surface area contributed by atoms with Gasteiger partial charge in [-0.15, -0.1) is 11.6 Å². The van der Waals surface area contributed by atoms with Crippen molar-refractivity contribution in [3.05, 3.63) is 39.7 Å². The molecule has 1 amide bonds. The summed E-state index contributed by atoms with van der Waals surface area (Å²) in [6.45, 7) is 3.56. The Kier molecular flexibility index (Phi) is 5.23. The van der Waals surface area contributed by atoms with E-state index in [9.17, 15) is 19.3 Å². The largest absolute Gasteiger partial charge is 0.349 e. The highest BCUT2D eigenvalue weighted by atomic mass is 35.5. The molecule has 104 valence electrons. The van der Waals surface area contributed by atoms with Crippen molar-refractivity contribution in [2.24, 2.45) is 5.92 Å². The minimum absolute atomic E-state index is 0.00164. The molecule has 19 heavy (non-hydrogen) atoms. The van der Waals surface area contributed by atoms with Gasteiger partial charge in [-0.05, 0) is 25.0 Å². The van der Waals surface area contributed by atoms with Crippen LogP contribution in [0.2, 0.25) is 0 Å². The number of carbonyl (C=O) groups excluding carboxylic acids is 1. The van der Waals surface area contributed by atoms with E-state index < -0.39 is 22.3 Å². The predicted molar refractivity (Wildman–Crippen MR) is 69.9 cm³/mol. The zero-order valence-corrected chi connectivity index (χ0v) is 11.3. The zero-order valence-electron chi connectivity index (χ0n) is 10.5. The molecule has 7 heteroatoms. The number of nitro benzene ring substituents is 1. The van der Waals surface area contributed by atoms with Crippen molar-refractivity contribution in [1.82, 2.24) is 5.32 Å². The Hall–Kier alpha value is -1.69. The molecular weight excluding hydrogens is 275 g/mol. The molecule has 0 fully saturated rings. The van der Waals surface area contributed by atoms with Crippen LogP contribution in [0.4, 0.5) is 10.1 Å². The first-order chi connectivity index (χ1) is 8.86. The number of carbonyl (C=O) groups is 1. The lowest BCUT2D eigenvalue weighted by Crippen LogP contribution is -2.38. The minimum atomic E-state index is -0.718. The van der Waals surface area contributed by atoms with E-state index in [2.05, 4.69) is 5.32 Å². The van der Waals surface area contributed by atoms with Crippen LogP contribution in [0.3, 0.4) is 0 Å². The molecule has 0 spiro atoms. The number of hydrogen-bond acceptors (Lipinski definition) is 3. The fourth-order valence-electron chi connectivity index (χ4n) is 1.41. The normalized spacial score (nSPS) is 13.7. The minimum Gasteiger partial charge on any atom is -0.349 e. The Morgan fingerprint density at radius 3 is 2.68 bits per heavy atom. The number of hydrogen-bond donors (Lipinski definition) is 1. The van der Waals surface area contributed by atoms with Crippen molar-refractivity contribution >= 4 is 23.2 Å². The smallest absolute Gasteiger partial charge is 0.282 e. The molecule has 0 aliphatic carbocycles. The summed E-state index contributed by atoms with van der Waals surface area (Å²) >= 11 is 5.66. The van der Waals surface area contributed by atoms with Gasteiger partial charge in [0, 0.05) is 18.0 Å². The number of nitrogens with one attached hydrogen (secondary N) is 1. The van der Waals surface area contributed by atoms with Crippen LogP contribution in [0.5, 0.6) is 0 Å². The monoisotopic (exact) mass is 288 g/mol. The molecule has 0 aliphatic rings. The number of benzene rings is 1. The highest BCUT2D eigenvalue weighted by Crippen LogP contribution is 2.20. The molecule has 2 atom stereocenters.